The lowest BCUT2D eigenvalue weighted by molar-refractivity contribution is 0.101. The van der Waals surface area contributed by atoms with Crippen LogP contribution in [0, 0.1) is 30.0 Å². The van der Waals surface area contributed by atoms with Gasteiger partial charge in [-0.25, -0.2) is 13.7 Å². The van der Waals surface area contributed by atoms with Gasteiger partial charge in [-0.05, 0) is 25.1 Å². The van der Waals surface area contributed by atoms with Crippen molar-refractivity contribution in [1.82, 2.24) is 4.57 Å². The number of nitrogens with two attached hydrogens (primary N) is 1. The van der Waals surface area contributed by atoms with E-state index in [0.717, 1.165) is 6.07 Å². The average molecular weight is 420 g/mol. The van der Waals surface area contributed by atoms with Crippen molar-refractivity contribution in [1.29, 1.82) is 5.26 Å². The molecule has 0 fully saturated rings. The summed E-state index contributed by atoms with van der Waals surface area (Å²) in [5.74, 6) is -1.27. The number of carbonyl (C=O) groups excluding carboxylic acids is 1. The lowest BCUT2D eigenvalue weighted by Crippen LogP contribution is -2.18. The van der Waals surface area contributed by atoms with Crippen molar-refractivity contribution in [2.45, 2.75) is 24.3 Å². The third-order valence-electron chi connectivity index (χ3n) is 3.66. The van der Waals surface area contributed by atoms with E-state index in [-0.39, 0.29) is 34.2 Å². The molecule has 0 aliphatic heterocycles. The first-order chi connectivity index (χ1) is 13.7. The fourth-order valence-corrected chi connectivity index (χ4v) is 2.93. The van der Waals surface area contributed by atoms with Crippen molar-refractivity contribution < 1.29 is 23.2 Å². The maximum atomic E-state index is 13.4. The third-order valence-corrected chi connectivity index (χ3v) is 4.39. The number of amides is 1. The second-order valence-corrected chi connectivity index (χ2v) is 6.86. The van der Waals surface area contributed by atoms with Crippen LogP contribution >= 0.6 is 0 Å². The number of nitrogens with one attached hydrogen (secondary N) is 1. The molecule has 0 aliphatic rings. The van der Waals surface area contributed by atoms with E-state index in [1.165, 1.54) is 22.9 Å². The van der Waals surface area contributed by atoms with Gasteiger partial charge in [-0.2, -0.15) is 5.26 Å². The number of aryl methyl sites for hydroxylation is 1. The Bertz CT molecular complexity index is 963. The monoisotopic (exact) mass is 420 g/mol. The first-order valence-corrected chi connectivity index (χ1v) is 9.46. The van der Waals surface area contributed by atoms with Crippen LogP contribution in [0.25, 0.3) is 0 Å². The number of aliphatic hydroxyl groups is 1. The lowest BCUT2D eigenvalue weighted by Gasteiger charge is -2.12. The molecular weight excluding hydrogens is 399 g/mol. The minimum absolute atomic E-state index is 0.0408. The van der Waals surface area contributed by atoms with Gasteiger partial charge in [0, 0.05) is 25.4 Å². The standard InChI is InChI=1S/C17H19FN4O4S.C2H2/c1-10(23)5-6-26-16-14(27(20)25)9-22(2)15(16)17(24)21-12-3-4-13(18)11(7-12)8-19;1-2/h3-4,7,9-10,23H,5-6,20H2,1-2H3,(H,21,24);1-2H. The van der Waals surface area contributed by atoms with Crippen LogP contribution in [-0.2, 0) is 18.0 Å². The van der Waals surface area contributed by atoms with Gasteiger partial charge in [0.2, 0.25) is 0 Å². The van der Waals surface area contributed by atoms with E-state index in [1.54, 1.807) is 20.0 Å². The SMILES string of the molecule is C#C.CC(O)CCOc1c(S(N)=O)cn(C)c1C(=O)Nc1ccc(F)c(C#N)c1. The minimum atomic E-state index is -1.90. The van der Waals surface area contributed by atoms with Crippen molar-refractivity contribution in [2.75, 3.05) is 11.9 Å². The van der Waals surface area contributed by atoms with Crippen LogP contribution in [0.2, 0.25) is 0 Å². The summed E-state index contributed by atoms with van der Waals surface area (Å²) in [6.45, 7) is 1.67. The number of anilines is 1. The van der Waals surface area contributed by atoms with Gasteiger partial charge in [0.15, 0.2) is 11.4 Å². The van der Waals surface area contributed by atoms with Crippen LogP contribution in [0.15, 0.2) is 29.3 Å². The number of carbonyl (C=O) groups is 1. The highest BCUT2D eigenvalue weighted by Crippen LogP contribution is 2.29. The first-order valence-electron chi connectivity index (χ1n) is 8.25. The van der Waals surface area contributed by atoms with Crippen LogP contribution in [-0.4, -0.2) is 32.5 Å². The summed E-state index contributed by atoms with van der Waals surface area (Å²) < 4.78 is 32.2. The molecule has 0 aliphatic carbocycles. The molecule has 4 N–H and O–H groups in total. The Kier molecular flexibility index (Phi) is 9.03. The fraction of sp³-hybridized carbons (Fsp3) is 0.263. The molecule has 2 atom stereocenters. The molecule has 0 bridgehead atoms. The molecule has 1 heterocycles. The Morgan fingerprint density at radius 1 is 1.52 bits per heavy atom. The van der Waals surface area contributed by atoms with E-state index in [0.29, 0.717) is 6.42 Å². The van der Waals surface area contributed by atoms with Crippen molar-refractivity contribution in [3.05, 3.63) is 41.5 Å². The number of hydrogen-bond acceptors (Lipinski definition) is 5. The van der Waals surface area contributed by atoms with E-state index in [4.69, 9.17) is 15.1 Å². The normalized spacial score (nSPS) is 12.1. The van der Waals surface area contributed by atoms with E-state index < -0.39 is 28.8 Å². The zero-order chi connectivity index (χ0) is 22.1. The van der Waals surface area contributed by atoms with Gasteiger partial charge in [0.25, 0.3) is 5.91 Å². The highest BCUT2D eigenvalue weighted by Gasteiger charge is 2.24. The Labute approximate surface area is 170 Å². The summed E-state index contributed by atoms with van der Waals surface area (Å²) in [7, 11) is -0.343. The van der Waals surface area contributed by atoms with Crippen LogP contribution in [0.4, 0.5) is 10.1 Å². The Morgan fingerprint density at radius 3 is 2.72 bits per heavy atom. The predicted molar refractivity (Wildman–Crippen MR) is 107 cm³/mol. The number of terminal acetylenes is 1. The Balaban J connectivity index is 0.00000204. The number of nitrogens with zero attached hydrogens (tertiary/aromatic N) is 2. The van der Waals surface area contributed by atoms with Gasteiger partial charge < -0.3 is 19.7 Å². The zero-order valence-corrected chi connectivity index (χ0v) is 16.7. The molecule has 2 rings (SSSR count). The highest BCUT2D eigenvalue weighted by atomic mass is 32.2. The van der Waals surface area contributed by atoms with Gasteiger partial charge in [0.05, 0.1) is 18.3 Å². The summed E-state index contributed by atoms with van der Waals surface area (Å²) in [5.41, 5.74) is 0.0542. The number of ether oxygens (including phenoxy) is 1. The quantitative estimate of drug-likeness (QED) is 0.587. The second kappa shape index (κ2) is 11.0. The zero-order valence-electron chi connectivity index (χ0n) is 15.9. The molecule has 0 radical (unpaired) electrons. The van der Waals surface area contributed by atoms with Gasteiger partial charge in [0.1, 0.15) is 27.8 Å². The van der Waals surface area contributed by atoms with Crippen LogP contribution < -0.4 is 15.2 Å². The van der Waals surface area contributed by atoms with Crippen LogP contribution in [0.5, 0.6) is 5.75 Å². The molecule has 1 aromatic heterocycles. The average Bonchev–Trinajstić information content (AvgIpc) is 3.01. The largest absolute Gasteiger partial charge is 0.490 e. The van der Waals surface area contributed by atoms with Gasteiger partial charge >= 0.3 is 0 Å². The number of benzene rings is 1. The maximum absolute atomic E-state index is 13.4. The summed E-state index contributed by atoms with van der Waals surface area (Å²) in [4.78, 5) is 12.8. The number of aliphatic hydroxyl groups excluding tert-OH is 1. The molecule has 0 saturated carbocycles. The van der Waals surface area contributed by atoms with Crippen molar-refractivity contribution in [2.24, 2.45) is 12.2 Å². The van der Waals surface area contributed by atoms with Crippen molar-refractivity contribution in [3.8, 4) is 24.7 Å². The molecule has 1 aromatic carbocycles. The summed E-state index contributed by atoms with van der Waals surface area (Å²) in [5, 5.41) is 26.2. The Hall–Kier alpha value is -3.18. The minimum Gasteiger partial charge on any atom is -0.490 e. The number of halogens is 1. The van der Waals surface area contributed by atoms with Crippen LogP contribution in [0.1, 0.15) is 29.4 Å². The predicted octanol–water partition coefficient (Wildman–Crippen LogP) is 1.67. The molecule has 8 nitrogen and oxygen atoms in total. The number of nitriles is 1. The Morgan fingerprint density at radius 2 is 2.17 bits per heavy atom. The second-order valence-electron chi connectivity index (χ2n) is 5.83. The van der Waals surface area contributed by atoms with Crippen molar-refractivity contribution in [3.63, 3.8) is 0 Å². The summed E-state index contributed by atoms with van der Waals surface area (Å²) in [6, 6.07) is 5.27. The van der Waals surface area contributed by atoms with Crippen molar-refractivity contribution >= 4 is 22.6 Å². The maximum Gasteiger partial charge on any atom is 0.276 e. The lowest BCUT2D eigenvalue weighted by atomic mass is 10.2. The third kappa shape index (κ3) is 6.16. The number of rotatable bonds is 7. The highest BCUT2D eigenvalue weighted by molar-refractivity contribution is 7.82. The summed E-state index contributed by atoms with van der Waals surface area (Å²) >= 11 is 0. The van der Waals surface area contributed by atoms with Gasteiger partial charge in [-0.3, -0.25) is 4.79 Å². The molecule has 2 aromatic rings. The number of hydrogen-bond donors (Lipinski definition) is 3. The van der Waals surface area contributed by atoms with Gasteiger partial charge in [-0.1, -0.05) is 0 Å². The van der Waals surface area contributed by atoms with E-state index in [9.17, 15) is 18.5 Å². The smallest absolute Gasteiger partial charge is 0.276 e. The fourth-order valence-electron chi connectivity index (χ4n) is 2.33. The molecule has 10 heteroatoms. The molecular formula is C19H21FN4O4S. The topological polar surface area (TPSA) is 130 Å². The van der Waals surface area contributed by atoms with Crippen LogP contribution in [0.3, 0.4) is 0 Å². The number of aromatic nitrogens is 1. The molecule has 0 saturated heterocycles. The molecule has 2 unspecified atom stereocenters. The van der Waals surface area contributed by atoms with E-state index in [1.807, 2.05) is 0 Å². The summed E-state index contributed by atoms with van der Waals surface area (Å²) in [6.07, 6.45) is 9.10. The van der Waals surface area contributed by atoms with Gasteiger partial charge in [-0.15, -0.1) is 12.8 Å². The molecule has 154 valence electrons. The molecule has 0 spiro atoms. The van der Waals surface area contributed by atoms with E-state index in [2.05, 4.69) is 18.2 Å². The molecule has 29 heavy (non-hydrogen) atoms. The molecule has 1 amide bonds. The van der Waals surface area contributed by atoms with E-state index >= 15 is 0 Å². The first kappa shape index (κ1) is 23.9.